The fourth-order valence-electron chi connectivity index (χ4n) is 1.53. The molecule has 0 fully saturated rings. The average molecular weight is 321 g/mol. The summed E-state index contributed by atoms with van der Waals surface area (Å²) in [6.45, 7) is 1.83. The van der Waals surface area contributed by atoms with Gasteiger partial charge < -0.3 is 15.4 Å². The Morgan fingerprint density at radius 2 is 2.09 bits per heavy atom. The van der Waals surface area contributed by atoms with E-state index in [2.05, 4.69) is 30.3 Å². The summed E-state index contributed by atoms with van der Waals surface area (Å²) in [6.07, 6.45) is 2.64. The molecule has 2 aromatic rings. The molecule has 0 aliphatic rings. The number of carbonyl (C=O) groups excluding carboxylic acids is 2. The summed E-state index contributed by atoms with van der Waals surface area (Å²) >= 11 is 1.40. The van der Waals surface area contributed by atoms with E-state index in [0.717, 1.165) is 0 Å². The van der Waals surface area contributed by atoms with Crippen molar-refractivity contribution in [2.45, 2.75) is 19.5 Å². The van der Waals surface area contributed by atoms with Gasteiger partial charge in [0.15, 0.2) is 10.8 Å². The molecule has 116 valence electrons. The number of hydrogen-bond donors (Lipinski definition) is 2. The van der Waals surface area contributed by atoms with Crippen molar-refractivity contribution in [3.63, 3.8) is 0 Å². The van der Waals surface area contributed by atoms with Crippen LogP contribution in [0, 0.1) is 0 Å². The summed E-state index contributed by atoms with van der Waals surface area (Å²) in [5.74, 6) is 0.224. The Bertz CT molecular complexity index is 646. The highest BCUT2D eigenvalue weighted by Gasteiger charge is 2.16. The normalized spacial score (nSPS) is 11.5. The maximum atomic E-state index is 11.8. The van der Waals surface area contributed by atoms with Gasteiger partial charge in [-0.15, -0.1) is 11.3 Å². The lowest BCUT2D eigenvalue weighted by Gasteiger charge is -2.12. The van der Waals surface area contributed by atoms with Crippen LogP contribution in [-0.4, -0.2) is 40.1 Å². The first-order valence-electron chi connectivity index (χ1n) is 6.44. The molecule has 9 heteroatoms. The fourth-order valence-corrected chi connectivity index (χ4v) is 2.30. The van der Waals surface area contributed by atoms with Crippen LogP contribution in [0.25, 0.3) is 10.8 Å². The largest absolute Gasteiger partial charge is 0.453 e. The van der Waals surface area contributed by atoms with Gasteiger partial charge in [0.05, 0.1) is 19.3 Å². The van der Waals surface area contributed by atoms with Crippen molar-refractivity contribution in [1.82, 2.24) is 25.6 Å². The number of thiazole rings is 1. The Morgan fingerprint density at radius 3 is 2.77 bits per heavy atom. The first kappa shape index (κ1) is 15.8. The molecular formula is C13H15N5O3S. The second-order valence-electron chi connectivity index (χ2n) is 4.29. The van der Waals surface area contributed by atoms with Gasteiger partial charge in [0.2, 0.25) is 5.91 Å². The lowest BCUT2D eigenvalue weighted by molar-refractivity contribution is -0.122. The van der Waals surface area contributed by atoms with Crippen molar-refractivity contribution in [2.24, 2.45) is 0 Å². The molecule has 0 aliphatic carbocycles. The molecule has 2 aromatic heterocycles. The lowest BCUT2D eigenvalue weighted by atomic mass is 10.3. The minimum absolute atomic E-state index is 0.259. The van der Waals surface area contributed by atoms with Crippen LogP contribution in [0.4, 0.5) is 4.79 Å². The molecule has 0 saturated heterocycles. The average Bonchev–Trinajstić information content (AvgIpc) is 3.02. The molecular weight excluding hydrogens is 306 g/mol. The minimum Gasteiger partial charge on any atom is -0.453 e. The van der Waals surface area contributed by atoms with Crippen LogP contribution in [0.5, 0.6) is 0 Å². The number of alkyl carbamates (subject to hydrolysis) is 1. The first-order chi connectivity index (χ1) is 10.6. The molecule has 2 amide bonds. The lowest BCUT2D eigenvalue weighted by Crippen LogP contribution is -2.44. The van der Waals surface area contributed by atoms with Gasteiger partial charge in [0, 0.05) is 17.8 Å². The van der Waals surface area contributed by atoms with Gasteiger partial charge in [-0.1, -0.05) is 0 Å². The number of amides is 2. The Kier molecular flexibility index (Phi) is 5.37. The number of nitrogens with zero attached hydrogens (tertiary/aromatic N) is 3. The molecule has 0 bridgehead atoms. The SMILES string of the molecule is COC(=O)N[C@H](C)C(=O)NCc1csc(-c2ncccn2)n1. The topological polar surface area (TPSA) is 106 Å². The Morgan fingerprint density at radius 1 is 1.36 bits per heavy atom. The van der Waals surface area contributed by atoms with E-state index in [1.54, 1.807) is 25.4 Å². The van der Waals surface area contributed by atoms with Crippen LogP contribution in [0.15, 0.2) is 23.8 Å². The van der Waals surface area contributed by atoms with Crippen molar-refractivity contribution < 1.29 is 14.3 Å². The number of methoxy groups -OCH3 is 1. The first-order valence-corrected chi connectivity index (χ1v) is 7.32. The predicted octanol–water partition coefficient (Wildman–Crippen LogP) is 0.961. The highest BCUT2D eigenvalue weighted by atomic mass is 32.1. The summed E-state index contributed by atoms with van der Waals surface area (Å²) in [4.78, 5) is 35.4. The van der Waals surface area contributed by atoms with E-state index >= 15 is 0 Å². The van der Waals surface area contributed by atoms with Crippen LogP contribution in [0.1, 0.15) is 12.6 Å². The summed E-state index contributed by atoms with van der Waals surface area (Å²) in [6, 6.07) is 1.04. The monoisotopic (exact) mass is 321 g/mol. The van der Waals surface area contributed by atoms with Crippen LogP contribution in [0.3, 0.4) is 0 Å². The van der Waals surface area contributed by atoms with Gasteiger partial charge in [0.25, 0.3) is 0 Å². The maximum Gasteiger partial charge on any atom is 0.407 e. The third kappa shape index (κ3) is 4.22. The molecule has 2 N–H and O–H groups in total. The molecule has 8 nitrogen and oxygen atoms in total. The Hall–Kier alpha value is -2.55. The molecule has 0 aliphatic heterocycles. The molecule has 1 atom stereocenters. The number of carbonyl (C=O) groups is 2. The second kappa shape index (κ2) is 7.46. The summed E-state index contributed by atoms with van der Waals surface area (Å²) in [5.41, 5.74) is 0.700. The number of aromatic nitrogens is 3. The van der Waals surface area contributed by atoms with Crippen LogP contribution >= 0.6 is 11.3 Å². The Balaban J connectivity index is 1.88. The number of hydrogen-bond acceptors (Lipinski definition) is 7. The third-order valence-corrected chi connectivity index (χ3v) is 3.55. The van der Waals surface area contributed by atoms with E-state index in [1.807, 2.05) is 5.38 Å². The van der Waals surface area contributed by atoms with E-state index in [0.29, 0.717) is 16.5 Å². The number of ether oxygens (including phenoxy) is 1. The quantitative estimate of drug-likeness (QED) is 0.849. The number of nitrogens with one attached hydrogen (secondary N) is 2. The van der Waals surface area contributed by atoms with Crippen molar-refractivity contribution in [2.75, 3.05) is 7.11 Å². The van der Waals surface area contributed by atoms with Crippen molar-refractivity contribution in [3.8, 4) is 10.8 Å². The zero-order chi connectivity index (χ0) is 15.9. The highest BCUT2D eigenvalue weighted by molar-refractivity contribution is 7.13. The fraction of sp³-hybridized carbons (Fsp3) is 0.308. The molecule has 0 saturated carbocycles. The molecule has 2 heterocycles. The summed E-state index contributed by atoms with van der Waals surface area (Å²) < 4.78 is 4.43. The minimum atomic E-state index is -0.692. The van der Waals surface area contributed by atoms with Crippen molar-refractivity contribution >= 4 is 23.3 Å². The van der Waals surface area contributed by atoms with E-state index in [-0.39, 0.29) is 12.5 Å². The molecule has 22 heavy (non-hydrogen) atoms. The van der Waals surface area contributed by atoms with Crippen LogP contribution in [-0.2, 0) is 16.1 Å². The second-order valence-corrected chi connectivity index (χ2v) is 5.15. The third-order valence-electron chi connectivity index (χ3n) is 2.67. The zero-order valence-electron chi connectivity index (χ0n) is 12.1. The summed E-state index contributed by atoms with van der Waals surface area (Å²) in [5, 5.41) is 7.58. The van der Waals surface area contributed by atoms with E-state index in [9.17, 15) is 9.59 Å². The van der Waals surface area contributed by atoms with Gasteiger partial charge in [-0.3, -0.25) is 4.79 Å². The van der Waals surface area contributed by atoms with E-state index in [4.69, 9.17) is 0 Å². The summed E-state index contributed by atoms with van der Waals surface area (Å²) in [7, 11) is 1.24. The van der Waals surface area contributed by atoms with Gasteiger partial charge in [-0.25, -0.2) is 19.7 Å². The van der Waals surface area contributed by atoms with Crippen LogP contribution in [0.2, 0.25) is 0 Å². The molecule has 2 rings (SSSR count). The maximum absolute atomic E-state index is 11.8. The van der Waals surface area contributed by atoms with Gasteiger partial charge in [-0.2, -0.15) is 0 Å². The van der Waals surface area contributed by atoms with Gasteiger partial charge in [-0.05, 0) is 13.0 Å². The Labute approximate surface area is 131 Å². The predicted molar refractivity (Wildman–Crippen MR) is 80.0 cm³/mol. The standard InChI is InChI=1S/C13H15N5O3S/c1-8(17-13(20)21-2)11(19)16-6-9-7-22-12(18-9)10-14-4-3-5-15-10/h3-5,7-8H,6H2,1-2H3,(H,16,19)(H,17,20)/t8-/m1/s1. The van der Waals surface area contributed by atoms with Crippen LogP contribution < -0.4 is 10.6 Å². The van der Waals surface area contributed by atoms with E-state index in [1.165, 1.54) is 18.4 Å². The number of rotatable bonds is 5. The molecule has 0 spiro atoms. The van der Waals surface area contributed by atoms with Gasteiger partial charge >= 0.3 is 6.09 Å². The smallest absolute Gasteiger partial charge is 0.407 e. The molecule has 0 radical (unpaired) electrons. The van der Waals surface area contributed by atoms with Crippen molar-refractivity contribution in [1.29, 1.82) is 0 Å². The van der Waals surface area contributed by atoms with E-state index < -0.39 is 12.1 Å². The zero-order valence-corrected chi connectivity index (χ0v) is 12.9. The molecule has 0 aromatic carbocycles. The van der Waals surface area contributed by atoms with Gasteiger partial charge in [0.1, 0.15) is 6.04 Å². The van der Waals surface area contributed by atoms with Crippen molar-refractivity contribution in [3.05, 3.63) is 29.5 Å². The molecule has 0 unspecified atom stereocenters. The highest BCUT2D eigenvalue weighted by Crippen LogP contribution is 2.19.